The van der Waals surface area contributed by atoms with Crippen LogP contribution in [0.1, 0.15) is 19.8 Å². The lowest BCUT2D eigenvalue weighted by Gasteiger charge is -2.09. The Morgan fingerprint density at radius 1 is 1.12 bits per heavy atom. The average Bonchev–Trinajstić information content (AvgIpc) is 2.30. The Labute approximate surface area is 100.0 Å². The second-order valence-electron chi connectivity index (χ2n) is 3.16. The van der Waals surface area contributed by atoms with Gasteiger partial charge in [-0.3, -0.25) is 4.79 Å². The third-order valence-corrected chi connectivity index (χ3v) is 2.26. The molecule has 1 aromatic rings. The van der Waals surface area contributed by atoms with Gasteiger partial charge in [-0.15, -0.1) is 12.6 Å². The second kappa shape index (κ2) is 5.39. The van der Waals surface area contributed by atoms with Crippen LogP contribution in [0.15, 0.2) is 4.90 Å². The molecule has 0 radical (unpaired) electrons. The minimum absolute atomic E-state index is 0.120. The van der Waals surface area contributed by atoms with E-state index in [4.69, 9.17) is 0 Å². The first kappa shape index (κ1) is 13.8. The van der Waals surface area contributed by atoms with Gasteiger partial charge in [0.25, 0.3) is 0 Å². The van der Waals surface area contributed by atoms with Gasteiger partial charge in [0.2, 0.25) is 17.4 Å². The molecule has 1 aromatic carbocycles. The number of esters is 1. The van der Waals surface area contributed by atoms with Crippen LogP contribution in [0.5, 0.6) is 5.75 Å². The number of benzene rings is 1. The molecule has 0 aliphatic rings. The summed E-state index contributed by atoms with van der Waals surface area (Å²) >= 11 is 3.26. The fourth-order valence-electron chi connectivity index (χ4n) is 1.06. The molecule has 7 heteroatoms. The molecule has 94 valence electrons. The third kappa shape index (κ3) is 2.71. The number of rotatable bonds is 3. The number of halogens is 4. The number of carbonyl (C=O) groups excluding carboxylic acids is 1. The van der Waals surface area contributed by atoms with Crippen LogP contribution >= 0.6 is 12.6 Å². The number of thiol groups is 1. The fourth-order valence-corrected chi connectivity index (χ4v) is 1.25. The van der Waals surface area contributed by atoms with E-state index in [1.54, 1.807) is 6.92 Å². The predicted molar refractivity (Wildman–Crippen MR) is 54.1 cm³/mol. The minimum Gasteiger partial charge on any atom is -0.420 e. The molecule has 0 aromatic heterocycles. The normalized spacial score (nSPS) is 10.5. The maximum absolute atomic E-state index is 13.2. The van der Waals surface area contributed by atoms with Gasteiger partial charge >= 0.3 is 5.97 Å². The molecule has 0 heterocycles. The number of ether oxygens (including phenoxy) is 1. The highest BCUT2D eigenvalue weighted by Crippen LogP contribution is 2.31. The second-order valence-corrected chi connectivity index (χ2v) is 3.60. The summed E-state index contributed by atoms with van der Waals surface area (Å²) in [6, 6.07) is 0. The molecule has 2 nitrogen and oxygen atoms in total. The Morgan fingerprint density at radius 2 is 1.59 bits per heavy atom. The van der Waals surface area contributed by atoms with E-state index >= 15 is 0 Å². The standard InChI is InChI=1S/C10H8F4O2S/c1-2-3-4(15)16-9-5(11)7(13)10(17)8(14)6(9)12/h17H,2-3H2,1H3. The summed E-state index contributed by atoms with van der Waals surface area (Å²) in [4.78, 5) is 9.90. The Morgan fingerprint density at radius 3 is 2.00 bits per heavy atom. The van der Waals surface area contributed by atoms with E-state index in [2.05, 4.69) is 17.4 Å². The summed E-state index contributed by atoms with van der Waals surface area (Å²) in [5.41, 5.74) is 0. The molecule has 0 saturated carbocycles. The van der Waals surface area contributed by atoms with Crippen molar-refractivity contribution in [1.29, 1.82) is 0 Å². The zero-order valence-corrected chi connectivity index (χ0v) is 9.58. The quantitative estimate of drug-likeness (QED) is 0.299. The summed E-state index contributed by atoms with van der Waals surface area (Å²) in [6.45, 7) is 1.63. The Balaban J connectivity index is 3.20. The van der Waals surface area contributed by atoms with Gasteiger partial charge in [-0.2, -0.15) is 8.78 Å². The van der Waals surface area contributed by atoms with E-state index in [-0.39, 0.29) is 6.42 Å². The van der Waals surface area contributed by atoms with Crippen molar-refractivity contribution in [1.82, 2.24) is 0 Å². The lowest BCUT2D eigenvalue weighted by molar-refractivity contribution is -0.134. The molecule has 0 fully saturated rings. The van der Waals surface area contributed by atoms with E-state index in [0.717, 1.165) is 0 Å². The molecule has 0 N–H and O–H groups in total. The first-order valence-corrected chi connectivity index (χ1v) is 5.10. The molecule has 0 unspecified atom stereocenters. The van der Waals surface area contributed by atoms with Crippen molar-refractivity contribution >= 4 is 18.6 Å². The van der Waals surface area contributed by atoms with E-state index in [0.29, 0.717) is 6.42 Å². The highest BCUT2D eigenvalue weighted by atomic mass is 32.1. The van der Waals surface area contributed by atoms with Crippen LogP contribution in [0.25, 0.3) is 0 Å². The molecule has 17 heavy (non-hydrogen) atoms. The summed E-state index contributed by atoms with van der Waals surface area (Å²) in [6.07, 6.45) is 0.252. The topological polar surface area (TPSA) is 26.3 Å². The summed E-state index contributed by atoms with van der Waals surface area (Å²) in [5.74, 6) is -9.32. The largest absolute Gasteiger partial charge is 0.420 e. The molecule has 0 aliphatic carbocycles. The molecule has 0 atom stereocenters. The maximum atomic E-state index is 13.2. The molecule has 0 aliphatic heterocycles. The van der Waals surface area contributed by atoms with Gasteiger partial charge in [-0.25, -0.2) is 8.78 Å². The van der Waals surface area contributed by atoms with Gasteiger partial charge in [0.15, 0.2) is 11.6 Å². The molecular weight excluding hydrogens is 260 g/mol. The lowest BCUT2D eigenvalue weighted by atomic mass is 10.3. The molecule has 0 amide bonds. The van der Waals surface area contributed by atoms with Crippen molar-refractivity contribution in [3.05, 3.63) is 23.3 Å². The molecule has 0 bridgehead atoms. The van der Waals surface area contributed by atoms with Crippen LogP contribution in [0.3, 0.4) is 0 Å². The fraction of sp³-hybridized carbons (Fsp3) is 0.300. The monoisotopic (exact) mass is 268 g/mol. The van der Waals surface area contributed by atoms with Gasteiger partial charge in [0.05, 0.1) is 4.90 Å². The van der Waals surface area contributed by atoms with Gasteiger partial charge in [-0.05, 0) is 6.42 Å². The Bertz CT molecular complexity index is 433. The van der Waals surface area contributed by atoms with E-state index in [1.165, 1.54) is 0 Å². The SMILES string of the molecule is CCCC(=O)Oc1c(F)c(F)c(S)c(F)c1F. The minimum atomic E-state index is -1.78. The summed E-state index contributed by atoms with van der Waals surface area (Å²) in [5, 5.41) is 0. The average molecular weight is 268 g/mol. The van der Waals surface area contributed by atoms with E-state index < -0.39 is 39.9 Å². The van der Waals surface area contributed by atoms with E-state index in [1.807, 2.05) is 0 Å². The predicted octanol–water partition coefficient (Wildman–Crippen LogP) is 3.24. The molecule has 1 rings (SSSR count). The van der Waals surface area contributed by atoms with Gasteiger partial charge in [0.1, 0.15) is 0 Å². The first-order chi connectivity index (χ1) is 7.90. The van der Waals surface area contributed by atoms with Gasteiger partial charge in [0, 0.05) is 6.42 Å². The van der Waals surface area contributed by atoms with Crippen molar-refractivity contribution < 1.29 is 27.1 Å². The zero-order chi connectivity index (χ0) is 13.2. The molecule has 0 spiro atoms. The van der Waals surface area contributed by atoms with Crippen molar-refractivity contribution in [3.8, 4) is 5.75 Å². The Kier molecular flexibility index (Phi) is 4.39. The lowest BCUT2D eigenvalue weighted by Crippen LogP contribution is -2.12. The number of hydrogen-bond acceptors (Lipinski definition) is 3. The highest BCUT2D eigenvalue weighted by molar-refractivity contribution is 7.80. The Hall–Kier alpha value is -1.24. The third-order valence-electron chi connectivity index (χ3n) is 1.87. The van der Waals surface area contributed by atoms with Crippen molar-refractivity contribution in [2.75, 3.05) is 0 Å². The summed E-state index contributed by atoms with van der Waals surface area (Å²) in [7, 11) is 0. The van der Waals surface area contributed by atoms with Crippen molar-refractivity contribution in [3.63, 3.8) is 0 Å². The number of hydrogen-bond donors (Lipinski definition) is 1. The maximum Gasteiger partial charge on any atom is 0.311 e. The summed E-state index contributed by atoms with van der Waals surface area (Å²) < 4.78 is 56.7. The molecular formula is C10H8F4O2S. The van der Waals surface area contributed by atoms with Crippen LogP contribution in [-0.2, 0) is 4.79 Å². The first-order valence-electron chi connectivity index (χ1n) is 4.65. The van der Waals surface area contributed by atoms with Crippen LogP contribution < -0.4 is 4.74 Å². The van der Waals surface area contributed by atoms with Gasteiger partial charge in [-0.1, -0.05) is 6.92 Å². The molecule has 0 saturated heterocycles. The highest BCUT2D eigenvalue weighted by Gasteiger charge is 2.26. The van der Waals surface area contributed by atoms with Gasteiger partial charge < -0.3 is 4.74 Å². The number of carbonyl (C=O) groups is 1. The smallest absolute Gasteiger partial charge is 0.311 e. The zero-order valence-electron chi connectivity index (χ0n) is 8.69. The van der Waals surface area contributed by atoms with Crippen LogP contribution in [0, 0.1) is 23.3 Å². The van der Waals surface area contributed by atoms with Crippen molar-refractivity contribution in [2.45, 2.75) is 24.7 Å². The van der Waals surface area contributed by atoms with Crippen LogP contribution in [-0.4, -0.2) is 5.97 Å². The van der Waals surface area contributed by atoms with Crippen molar-refractivity contribution in [2.24, 2.45) is 0 Å². The van der Waals surface area contributed by atoms with Crippen LogP contribution in [0.4, 0.5) is 17.6 Å². The van der Waals surface area contributed by atoms with Crippen LogP contribution in [0.2, 0.25) is 0 Å². The van der Waals surface area contributed by atoms with E-state index in [9.17, 15) is 22.4 Å².